The van der Waals surface area contributed by atoms with Gasteiger partial charge in [0.2, 0.25) is 0 Å². The van der Waals surface area contributed by atoms with Gasteiger partial charge < -0.3 is 15.5 Å². The summed E-state index contributed by atoms with van der Waals surface area (Å²) >= 11 is 5.76. The lowest BCUT2D eigenvalue weighted by Crippen LogP contribution is -2.41. The Morgan fingerprint density at radius 1 is 0.865 bits per heavy atom. The Morgan fingerprint density at radius 2 is 1.46 bits per heavy atom. The number of fused-ring (bicyclic) bond motifs is 3. The molecule has 0 bridgehead atoms. The molecule has 1 aliphatic heterocycles. The van der Waals surface area contributed by atoms with Gasteiger partial charge in [-0.1, -0.05) is 91.3 Å². The highest BCUT2D eigenvalue weighted by Crippen LogP contribution is 2.54. The molecule has 0 atom stereocenters. The first-order chi connectivity index (χ1) is 24.8. The van der Waals surface area contributed by atoms with E-state index in [1.807, 2.05) is 31.3 Å². The van der Waals surface area contributed by atoms with Crippen LogP contribution in [0.15, 0.2) is 103 Å². The van der Waals surface area contributed by atoms with Crippen molar-refractivity contribution in [1.82, 2.24) is 15.5 Å². The maximum atomic E-state index is 13.1. The van der Waals surface area contributed by atoms with E-state index >= 15 is 0 Å². The molecule has 4 aromatic carbocycles. The van der Waals surface area contributed by atoms with Gasteiger partial charge in [-0.2, -0.15) is 26.3 Å². The predicted molar refractivity (Wildman–Crippen MR) is 196 cm³/mol. The van der Waals surface area contributed by atoms with Crippen LogP contribution in [-0.2, 0) is 11.6 Å². The highest BCUT2D eigenvalue weighted by molar-refractivity contribution is 6.31. The number of allylic oxidation sites excluding steroid dienone is 1. The zero-order valence-corrected chi connectivity index (χ0v) is 29.6. The van der Waals surface area contributed by atoms with E-state index in [-0.39, 0.29) is 0 Å². The molecular weight excluding hydrogens is 700 g/mol. The maximum Gasteiger partial charge on any atom is 0.416 e. The fourth-order valence-corrected chi connectivity index (χ4v) is 7.51. The zero-order valence-electron chi connectivity index (χ0n) is 28.9. The summed E-state index contributed by atoms with van der Waals surface area (Å²) in [4.78, 5) is 13.4. The largest absolute Gasteiger partial charge is 0.416 e. The third-order valence-corrected chi connectivity index (χ3v) is 10.3. The number of carbonyl (C=O) groups is 1. The number of alkyl halides is 6. The molecule has 52 heavy (non-hydrogen) atoms. The van der Waals surface area contributed by atoms with E-state index in [1.165, 1.54) is 31.0 Å². The first kappa shape index (κ1) is 39.1. The zero-order chi connectivity index (χ0) is 37.5. The second kappa shape index (κ2) is 16.7. The molecular formula is C41H42ClF6N3O. The first-order valence-electron chi connectivity index (χ1n) is 17.3. The van der Waals surface area contributed by atoms with Gasteiger partial charge in [-0.15, -0.1) is 0 Å². The lowest BCUT2D eigenvalue weighted by molar-refractivity contribution is -0.137. The highest BCUT2D eigenvalue weighted by atomic mass is 35.5. The molecule has 6 rings (SSSR count). The first-order valence-corrected chi connectivity index (χ1v) is 17.7. The summed E-state index contributed by atoms with van der Waals surface area (Å²) in [6.45, 7) is 6.32. The number of nitrogens with one attached hydrogen (secondary N) is 2. The van der Waals surface area contributed by atoms with Crippen molar-refractivity contribution in [3.8, 4) is 22.3 Å². The van der Waals surface area contributed by atoms with Gasteiger partial charge >= 0.3 is 12.4 Å². The van der Waals surface area contributed by atoms with Crippen LogP contribution in [0.5, 0.6) is 0 Å². The molecule has 4 aromatic rings. The van der Waals surface area contributed by atoms with E-state index in [9.17, 15) is 31.1 Å². The van der Waals surface area contributed by atoms with Crippen molar-refractivity contribution in [2.75, 3.05) is 33.2 Å². The highest BCUT2D eigenvalue weighted by Gasteiger charge is 2.45. The van der Waals surface area contributed by atoms with E-state index in [0.29, 0.717) is 39.7 Å². The number of hydrogen-bond acceptors (Lipinski definition) is 4. The van der Waals surface area contributed by atoms with E-state index < -0.39 is 29.9 Å². The van der Waals surface area contributed by atoms with Gasteiger partial charge in [-0.05, 0) is 110 Å². The number of rotatable bonds is 11. The standard InChI is InChI=1S/C27H34F3N3.C14H8ClF3O/c1-20(32-19-27(28,29)30)26(15-7-8-16-33-17-13-21(31-2)14-18-33)24-11-5-3-9-22(24)23-10-4-6-12-25(23)26;15-12-5-6-13(10(7-12)8-19)9-1-3-11(4-2-9)14(16,17)18/h3-6,9-12,21,31-32H,1,7-8,13-19H2,2H3;1-8H. The summed E-state index contributed by atoms with van der Waals surface area (Å²) in [6, 6.07) is 26.1. The normalized spacial score (nSPS) is 15.6. The van der Waals surface area contributed by atoms with Gasteiger partial charge in [-0.25, -0.2) is 0 Å². The topological polar surface area (TPSA) is 44.4 Å². The number of aldehydes is 1. The molecule has 1 aliphatic carbocycles. The van der Waals surface area contributed by atoms with Crippen LogP contribution in [0.1, 0.15) is 59.2 Å². The third kappa shape index (κ3) is 9.08. The molecule has 276 valence electrons. The van der Waals surface area contributed by atoms with Gasteiger partial charge in [0, 0.05) is 22.3 Å². The van der Waals surface area contributed by atoms with Gasteiger partial charge in [-0.3, -0.25) is 4.79 Å². The minimum atomic E-state index is -4.37. The SMILES string of the molecule is C=C(NCC(F)(F)F)C1(CCCCN2CCC(NC)CC2)c2ccccc2-c2ccccc21.O=Cc1cc(Cl)ccc1-c1ccc(C(F)(F)F)cc1. The number of unbranched alkanes of at least 4 members (excludes halogenated alkanes) is 1. The minimum absolute atomic E-state index is 0.340. The second-order valence-corrected chi connectivity index (χ2v) is 13.7. The van der Waals surface area contributed by atoms with Crippen LogP contribution < -0.4 is 10.6 Å². The van der Waals surface area contributed by atoms with E-state index in [0.717, 1.165) is 73.3 Å². The van der Waals surface area contributed by atoms with E-state index in [1.54, 1.807) is 12.1 Å². The number of piperidine rings is 1. The number of carbonyl (C=O) groups excluding carboxylic acids is 1. The van der Waals surface area contributed by atoms with Gasteiger partial charge in [0.05, 0.1) is 11.0 Å². The summed E-state index contributed by atoms with van der Waals surface area (Å²) in [5, 5.41) is 6.42. The lowest BCUT2D eigenvalue weighted by atomic mass is 9.72. The number of likely N-dealkylation sites (tertiary alicyclic amines) is 1. The summed E-state index contributed by atoms with van der Waals surface area (Å²) < 4.78 is 76.6. The van der Waals surface area contributed by atoms with Gasteiger partial charge in [0.15, 0.2) is 6.29 Å². The average molecular weight is 742 g/mol. The monoisotopic (exact) mass is 741 g/mol. The Hall–Kier alpha value is -4.12. The maximum absolute atomic E-state index is 13.1. The second-order valence-electron chi connectivity index (χ2n) is 13.2. The van der Waals surface area contributed by atoms with Crippen molar-refractivity contribution in [2.45, 2.75) is 55.9 Å². The molecule has 11 heteroatoms. The average Bonchev–Trinajstić information content (AvgIpc) is 3.42. The summed E-state index contributed by atoms with van der Waals surface area (Å²) in [5.41, 5.74) is 4.78. The van der Waals surface area contributed by atoms with Crippen LogP contribution in [0.4, 0.5) is 26.3 Å². The molecule has 1 heterocycles. The van der Waals surface area contributed by atoms with Crippen LogP contribution >= 0.6 is 11.6 Å². The molecule has 0 unspecified atom stereocenters. The Kier molecular flexibility index (Phi) is 12.6. The Bertz CT molecular complexity index is 1790. The molecule has 0 amide bonds. The summed E-state index contributed by atoms with van der Waals surface area (Å²) in [7, 11) is 2.02. The Balaban J connectivity index is 0.000000233. The van der Waals surface area contributed by atoms with Crippen molar-refractivity contribution in [2.24, 2.45) is 0 Å². The molecule has 4 nitrogen and oxygen atoms in total. The molecule has 1 saturated heterocycles. The van der Waals surface area contributed by atoms with Crippen LogP contribution in [0.2, 0.25) is 5.02 Å². The summed E-state index contributed by atoms with van der Waals surface area (Å²) in [5.74, 6) is 0. The minimum Gasteiger partial charge on any atom is -0.379 e. The number of halogens is 7. The van der Waals surface area contributed by atoms with Crippen LogP contribution in [0.3, 0.4) is 0 Å². The van der Waals surface area contributed by atoms with Crippen molar-refractivity contribution in [3.05, 3.63) is 131 Å². The summed E-state index contributed by atoms with van der Waals surface area (Å²) in [6.07, 6.45) is -3.03. The molecule has 0 spiro atoms. The van der Waals surface area contributed by atoms with Crippen LogP contribution in [-0.4, -0.2) is 56.6 Å². The Morgan fingerprint density at radius 3 is 2.00 bits per heavy atom. The quantitative estimate of drug-likeness (QED) is 0.0913. The van der Waals surface area contributed by atoms with E-state index in [2.05, 4.69) is 46.4 Å². The fourth-order valence-electron chi connectivity index (χ4n) is 7.33. The van der Waals surface area contributed by atoms with Crippen molar-refractivity contribution >= 4 is 17.9 Å². The predicted octanol–water partition coefficient (Wildman–Crippen LogP) is 10.3. The van der Waals surface area contributed by atoms with Crippen LogP contribution in [0, 0.1) is 0 Å². The molecule has 0 saturated carbocycles. The number of nitrogens with zero attached hydrogens (tertiary/aromatic N) is 1. The third-order valence-electron chi connectivity index (χ3n) is 10.0. The van der Waals surface area contributed by atoms with Crippen molar-refractivity contribution in [1.29, 1.82) is 0 Å². The molecule has 0 radical (unpaired) electrons. The number of hydrogen-bond donors (Lipinski definition) is 2. The van der Waals surface area contributed by atoms with E-state index in [4.69, 9.17) is 11.6 Å². The number of benzene rings is 4. The van der Waals surface area contributed by atoms with Crippen molar-refractivity contribution < 1.29 is 31.1 Å². The Labute approximate surface area is 305 Å². The molecule has 2 N–H and O–H groups in total. The smallest absolute Gasteiger partial charge is 0.379 e. The van der Waals surface area contributed by atoms with Crippen LogP contribution in [0.25, 0.3) is 22.3 Å². The van der Waals surface area contributed by atoms with Crippen molar-refractivity contribution in [3.63, 3.8) is 0 Å². The van der Waals surface area contributed by atoms with Gasteiger partial charge in [0.25, 0.3) is 0 Å². The van der Waals surface area contributed by atoms with Gasteiger partial charge in [0.1, 0.15) is 6.54 Å². The molecule has 1 fully saturated rings. The lowest BCUT2D eigenvalue weighted by Gasteiger charge is -2.36. The fraction of sp³-hybridized carbons (Fsp3) is 0.341. The molecule has 2 aliphatic rings. The molecule has 0 aromatic heterocycles.